The number of para-hydroxylation sites is 1. The van der Waals surface area contributed by atoms with Crippen molar-refractivity contribution < 1.29 is 24.5 Å². The molecule has 1 atom stereocenters. The molecular weight excluding hydrogens is 418 g/mol. The van der Waals surface area contributed by atoms with E-state index < -0.39 is 12.1 Å². The minimum atomic E-state index is -0.850. The first kappa shape index (κ1) is 23.8. The van der Waals surface area contributed by atoms with E-state index in [0.29, 0.717) is 36.4 Å². The zero-order valence-electron chi connectivity index (χ0n) is 18.2. The SMILES string of the molecule is O=C(O)CCc1ccccc1OCCC(O)/C=C/c1ccc(NC(=O)c2ccccc2)cc1. The first-order chi connectivity index (χ1) is 16.0. The Morgan fingerprint density at radius 1 is 0.939 bits per heavy atom. The predicted molar refractivity (Wildman–Crippen MR) is 128 cm³/mol. The summed E-state index contributed by atoms with van der Waals surface area (Å²) in [4.78, 5) is 23.0. The van der Waals surface area contributed by atoms with E-state index in [9.17, 15) is 14.7 Å². The number of carboxylic acids is 1. The normalized spacial score (nSPS) is 11.8. The maximum atomic E-state index is 12.2. The van der Waals surface area contributed by atoms with Crippen molar-refractivity contribution in [1.29, 1.82) is 0 Å². The molecule has 6 nitrogen and oxygen atoms in total. The van der Waals surface area contributed by atoms with E-state index in [1.54, 1.807) is 24.3 Å². The second kappa shape index (κ2) is 12.2. The Labute approximate surface area is 193 Å². The lowest BCUT2D eigenvalue weighted by atomic mass is 10.1. The van der Waals surface area contributed by atoms with Crippen molar-refractivity contribution in [3.05, 3.63) is 102 Å². The summed E-state index contributed by atoms with van der Waals surface area (Å²) in [5.74, 6) is -0.376. The maximum Gasteiger partial charge on any atom is 0.303 e. The molecule has 3 aromatic carbocycles. The fourth-order valence-corrected chi connectivity index (χ4v) is 3.17. The van der Waals surface area contributed by atoms with Gasteiger partial charge in [0.2, 0.25) is 0 Å². The predicted octanol–water partition coefficient (Wildman–Crippen LogP) is 4.80. The van der Waals surface area contributed by atoms with Crippen molar-refractivity contribution >= 4 is 23.6 Å². The highest BCUT2D eigenvalue weighted by molar-refractivity contribution is 6.04. The quantitative estimate of drug-likeness (QED) is 0.394. The Kier molecular flexibility index (Phi) is 8.79. The Balaban J connectivity index is 1.45. The average molecular weight is 446 g/mol. The summed E-state index contributed by atoms with van der Waals surface area (Å²) in [7, 11) is 0. The van der Waals surface area contributed by atoms with Crippen molar-refractivity contribution in [2.75, 3.05) is 11.9 Å². The summed E-state index contributed by atoms with van der Waals surface area (Å²) in [5, 5.41) is 22.0. The van der Waals surface area contributed by atoms with Crippen LogP contribution in [0.3, 0.4) is 0 Å². The molecule has 0 aliphatic heterocycles. The van der Waals surface area contributed by atoms with Gasteiger partial charge in [-0.2, -0.15) is 0 Å². The molecule has 0 heterocycles. The molecule has 0 aliphatic carbocycles. The van der Waals surface area contributed by atoms with Gasteiger partial charge < -0.3 is 20.3 Å². The van der Waals surface area contributed by atoms with Crippen LogP contribution in [0.5, 0.6) is 5.75 Å². The largest absolute Gasteiger partial charge is 0.493 e. The molecule has 0 aromatic heterocycles. The lowest BCUT2D eigenvalue weighted by Gasteiger charge is -2.12. The van der Waals surface area contributed by atoms with E-state index >= 15 is 0 Å². The molecule has 33 heavy (non-hydrogen) atoms. The summed E-state index contributed by atoms with van der Waals surface area (Å²) >= 11 is 0. The molecule has 6 heteroatoms. The number of carbonyl (C=O) groups is 2. The van der Waals surface area contributed by atoms with Gasteiger partial charge in [0.05, 0.1) is 12.7 Å². The summed E-state index contributed by atoms with van der Waals surface area (Å²) in [6.45, 7) is 0.306. The van der Waals surface area contributed by atoms with Gasteiger partial charge >= 0.3 is 5.97 Å². The summed E-state index contributed by atoms with van der Waals surface area (Å²) in [5.41, 5.74) is 3.02. The number of aryl methyl sites for hydroxylation is 1. The van der Waals surface area contributed by atoms with Crippen LogP contribution >= 0.6 is 0 Å². The Bertz CT molecular complexity index is 1080. The average Bonchev–Trinajstić information content (AvgIpc) is 2.83. The number of amides is 1. The van der Waals surface area contributed by atoms with Gasteiger partial charge in [-0.3, -0.25) is 9.59 Å². The van der Waals surface area contributed by atoms with E-state index in [4.69, 9.17) is 9.84 Å². The van der Waals surface area contributed by atoms with Crippen LogP contribution < -0.4 is 10.1 Å². The molecule has 0 saturated heterocycles. The zero-order valence-corrected chi connectivity index (χ0v) is 18.2. The molecule has 1 unspecified atom stereocenters. The monoisotopic (exact) mass is 445 g/mol. The number of aliphatic carboxylic acids is 1. The number of carboxylic acid groups (broad SMARTS) is 1. The third-order valence-electron chi connectivity index (χ3n) is 4.97. The van der Waals surface area contributed by atoms with Crippen molar-refractivity contribution in [2.24, 2.45) is 0 Å². The van der Waals surface area contributed by atoms with E-state index in [1.165, 1.54) is 0 Å². The van der Waals surface area contributed by atoms with E-state index in [2.05, 4.69) is 5.32 Å². The first-order valence-corrected chi connectivity index (χ1v) is 10.8. The Morgan fingerprint density at radius 2 is 1.64 bits per heavy atom. The van der Waals surface area contributed by atoms with Crippen LogP contribution in [0.15, 0.2) is 84.9 Å². The lowest BCUT2D eigenvalue weighted by Crippen LogP contribution is -2.11. The highest BCUT2D eigenvalue weighted by Gasteiger charge is 2.07. The fraction of sp³-hybridized carbons (Fsp3) is 0.185. The molecule has 0 radical (unpaired) electrons. The molecule has 0 bridgehead atoms. The molecule has 3 aromatic rings. The molecule has 1 amide bonds. The lowest BCUT2D eigenvalue weighted by molar-refractivity contribution is -0.136. The first-order valence-electron chi connectivity index (χ1n) is 10.8. The van der Waals surface area contributed by atoms with Crippen LogP contribution in [-0.2, 0) is 11.2 Å². The molecule has 0 spiro atoms. The van der Waals surface area contributed by atoms with Gasteiger partial charge in [0.25, 0.3) is 5.91 Å². The number of nitrogens with one attached hydrogen (secondary N) is 1. The second-order valence-electron chi connectivity index (χ2n) is 7.51. The summed E-state index contributed by atoms with van der Waals surface area (Å²) < 4.78 is 5.75. The highest BCUT2D eigenvalue weighted by atomic mass is 16.5. The number of rotatable bonds is 11. The number of anilines is 1. The van der Waals surface area contributed by atoms with Gasteiger partial charge in [0.15, 0.2) is 0 Å². The van der Waals surface area contributed by atoms with Crippen LogP contribution in [0.1, 0.15) is 34.3 Å². The molecule has 0 fully saturated rings. The van der Waals surface area contributed by atoms with Crippen LogP contribution in [0.2, 0.25) is 0 Å². The smallest absolute Gasteiger partial charge is 0.303 e. The standard InChI is InChI=1S/C27H27NO5/c29-24(18-19-33-25-9-5-4-6-21(25)13-17-26(30)31)16-12-20-10-14-23(15-11-20)28-27(32)22-7-2-1-3-8-22/h1-12,14-16,24,29H,13,17-19H2,(H,28,32)(H,30,31)/b16-12+. The van der Waals surface area contributed by atoms with Crippen LogP contribution in [0, 0.1) is 0 Å². The third-order valence-corrected chi connectivity index (χ3v) is 4.97. The highest BCUT2D eigenvalue weighted by Crippen LogP contribution is 2.20. The summed E-state index contributed by atoms with van der Waals surface area (Å²) in [6.07, 6.45) is 3.66. The number of aliphatic hydroxyl groups is 1. The van der Waals surface area contributed by atoms with Crippen LogP contribution in [0.4, 0.5) is 5.69 Å². The maximum absolute atomic E-state index is 12.2. The number of carbonyl (C=O) groups excluding carboxylic acids is 1. The minimum Gasteiger partial charge on any atom is -0.493 e. The van der Waals surface area contributed by atoms with E-state index in [1.807, 2.05) is 66.7 Å². The third kappa shape index (κ3) is 7.94. The molecule has 3 N–H and O–H groups in total. The molecule has 0 aliphatic rings. The Morgan fingerprint density at radius 3 is 2.36 bits per heavy atom. The number of benzene rings is 3. The number of aliphatic hydroxyl groups excluding tert-OH is 1. The minimum absolute atomic E-state index is 0.0421. The number of hydrogen-bond donors (Lipinski definition) is 3. The van der Waals surface area contributed by atoms with Gasteiger partial charge in [-0.1, -0.05) is 60.7 Å². The molecular formula is C27H27NO5. The van der Waals surface area contributed by atoms with E-state index in [-0.39, 0.29) is 12.3 Å². The van der Waals surface area contributed by atoms with Crippen molar-refractivity contribution in [2.45, 2.75) is 25.4 Å². The van der Waals surface area contributed by atoms with Crippen LogP contribution in [0.25, 0.3) is 6.08 Å². The molecule has 0 saturated carbocycles. The Hall–Kier alpha value is -3.90. The van der Waals surface area contributed by atoms with Crippen molar-refractivity contribution in [3.63, 3.8) is 0 Å². The van der Waals surface area contributed by atoms with E-state index in [0.717, 1.165) is 11.1 Å². The number of ether oxygens (including phenoxy) is 1. The van der Waals surface area contributed by atoms with Gasteiger partial charge in [-0.15, -0.1) is 0 Å². The van der Waals surface area contributed by atoms with Gasteiger partial charge in [0.1, 0.15) is 5.75 Å². The second-order valence-corrected chi connectivity index (χ2v) is 7.51. The van der Waals surface area contributed by atoms with Crippen molar-refractivity contribution in [3.8, 4) is 5.75 Å². The zero-order chi connectivity index (χ0) is 23.5. The topological polar surface area (TPSA) is 95.9 Å². The molecule has 3 rings (SSSR count). The summed E-state index contributed by atoms with van der Waals surface area (Å²) in [6, 6.07) is 23.7. The number of hydrogen-bond acceptors (Lipinski definition) is 4. The van der Waals surface area contributed by atoms with Gasteiger partial charge in [-0.05, 0) is 47.9 Å². The molecule has 170 valence electrons. The van der Waals surface area contributed by atoms with Crippen LogP contribution in [-0.4, -0.2) is 34.8 Å². The van der Waals surface area contributed by atoms with Gasteiger partial charge in [0, 0.05) is 24.1 Å². The van der Waals surface area contributed by atoms with Gasteiger partial charge in [-0.25, -0.2) is 0 Å². The fourth-order valence-electron chi connectivity index (χ4n) is 3.17. The van der Waals surface area contributed by atoms with Crippen molar-refractivity contribution in [1.82, 2.24) is 0 Å².